The minimum Gasteiger partial charge on any atom is -0.377 e. The standard InChI is InChI=1S/C10H16N6/c1-8(2)16-7-9(5-12-16)11-4-10-6-15(3)14-13-10/h5-8,11H,4H2,1-3H3. The van der Waals surface area contributed by atoms with Gasteiger partial charge in [0.2, 0.25) is 0 Å². The second-order valence-electron chi connectivity index (χ2n) is 4.04. The molecular weight excluding hydrogens is 204 g/mol. The van der Waals surface area contributed by atoms with E-state index in [0.29, 0.717) is 12.6 Å². The molecule has 86 valence electrons. The predicted molar refractivity (Wildman–Crippen MR) is 60.9 cm³/mol. The molecule has 6 heteroatoms. The third kappa shape index (κ3) is 2.39. The molecule has 0 atom stereocenters. The number of aromatic nitrogens is 5. The molecule has 0 fully saturated rings. The van der Waals surface area contributed by atoms with Gasteiger partial charge in [-0.1, -0.05) is 5.21 Å². The molecule has 0 aliphatic carbocycles. The summed E-state index contributed by atoms with van der Waals surface area (Å²) < 4.78 is 3.60. The van der Waals surface area contributed by atoms with Crippen molar-refractivity contribution in [3.63, 3.8) is 0 Å². The molecule has 0 amide bonds. The number of hydrogen-bond acceptors (Lipinski definition) is 4. The van der Waals surface area contributed by atoms with E-state index in [1.54, 1.807) is 4.68 Å². The molecule has 0 aliphatic rings. The molecular formula is C10H16N6. The van der Waals surface area contributed by atoms with E-state index in [-0.39, 0.29) is 0 Å². The van der Waals surface area contributed by atoms with Crippen LogP contribution in [0.5, 0.6) is 0 Å². The number of rotatable bonds is 4. The third-order valence-electron chi connectivity index (χ3n) is 2.25. The van der Waals surface area contributed by atoms with Gasteiger partial charge < -0.3 is 5.32 Å². The summed E-state index contributed by atoms with van der Waals surface area (Å²) >= 11 is 0. The van der Waals surface area contributed by atoms with Crippen LogP contribution < -0.4 is 5.32 Å². The van der Waals surface area contributed by atoms with Gasteiger partial charge in [0, 0.05) is 25.5 Å². The van der Waals surface area contributed by atoms with Crippen LogP contribution in [0.15, 0.2) is 18.6 Å². The number of nitrogens with one attached hydrogen (secondary N) is 1. The van der Waals surface area contributed by atoms with Crippen LogP contribution in [-0.4, -0.2) is 24.8 Å². The van der Waals surface area contributed by atoms with Crippen LogP contribution in [-0.2, 0) is 13.6 Å². The zero-order chi connectivity index (χ0) is 11.5. The fraction of sp³-hybridized carbons (Fsp3) is 0.500. The summed E-state index contributed by atoms with van der Waals surface area (Å²) in [4.78, 5) is 0. The van der Waals surface area contributed by atoms with Crippen molar-refractivity contribution in [1.29, 1.82) is 0 Å². The summed E-state index contributed by atoms with van der Waals surface area (Å²) in [5.41, 5.74) is 1.92. The first kappa shape index (κ1) is 10.7. The molecule has 0 saturated carbocycles. The number of hydrogen-bond donors (Lipinski definition) is 1. The second kappa shape index (κ2) is 4.34. The van der Waals surface area contributed by atoms with E-state index in [2.05, 4.69) is 34.6 Å². The Morgan fingerprint density at radius 1 is 1.38 bits per heavy atom. The second-order valence-corrected chi connectivity index (χ2v) is 4.04. The summed E-state index contributed by atoms with van der Waals surface area (Å²) in [5, 5.41) is 15.4. The SMILES string of the molecule is CC(C)n1cc(NCc2cn(C)nn2)cn1. The van der Waals surface area contributed by atoms with Gasteiger partial charge in [0.1, 0.15) is 5.69 Å². The van der Waals surface area contributed by atoms with Gasteiger partial charge in [-0.3, -0.25) is 9.36 Å². The predicted octanol–water partition coefficient (Wildman–Crippen LogP) is 1.20. The average molecular weight is 220 g/mol. The Hall–Kier alpha value is -1.85. The fourth-order valence-electron chi connectivity index (χ4n) is 1.38. The normalized spacial score (nSPS) is 11.0. The van der Waals surface area contributed by atoms with Gasteiger partial charge in [-0.05, 0) is 13.8 Å². The molecule has 0 saturated heterocycles. The molecule has 16 heavy (non-hydrogen) atoms. The van der Waals surface area contributed by atoms with Crippen molar-refractivity contribution in [3.8, 4) is 0 Å². The van der Waals surface area contributed by atoms with Crippen molar-refractivity contribution in [2.24, 2.45) is 7.05 Å². The monoisotopic (exact) mass is 220 g/mol. The molecule has 6 nitrogen and oxygen atoms in total. The number of nitrogens with zero attached hydrogens (tertiary/aromatic N) is 5. The van der Waals surface area contributed by atoms with Gasteiger partial charge in [0.15, 0.2) is 0 Å². The van der Waals surface area contributed by atoms with Crippen molar-refractivity contribution in [1.82, 2.24) is 24.8 Å². The van der Waals surface area contributed by atoms with E-state index in [0.717, 1.165) is 11.4 Å². The smallest absolute Gasteiger partial charge is 0.102 e. The summed E-state index contributed by atoms with van der Waals surface area (Å²) in [5.74, 6) is 0. The molecule has 0 radical (unpaired) electrons. The third-order valence-corrected chi connectivity index (χ3v) is 2.25. The van der Waals surface area contributed by atoms with Crippen LogP contribution in [0.4, 0.5) is 5.69 Å². The molecule has 2 aromatic heterocycles. The largest absolute Gasteiger partial charge is 0.377 e. The van der Waals surface area contributed by atoms with Gasteiger partial charge in [-0.25, -0.2) is 0 Å². The van der Waals surface area contributed by atoms with Gasteiger partial charge in [0.05, 0.1) is 18.4 Å². The number of anilines is 1. The highest BCUT2D eigenvalue weighted by Gasteiger charge is 2.02. The first-order chi connectivity index (χ1) is 7.65. The maximum atomic E-state index is 4.25. The molecule has 2 heterocycles. The molecule has 0 aliphatic heterocycles. The van der Waals surface area contributed by atoms with E-state index in [1.165, 1.54) is 0 Å². The van der Waals surface area contributed by atoms with Crippen LogP contribution in [0, 0.1) is 0 Å². The first-order valence-electron chi connectivity index (χ1n) is 5.28. The summed E-state index contributed by atoms with van der Waals surface area (Å²) in [6, 6.07) is 0.382. The van der Waals surface area contributed by atoms with Crippen molar-refractivity contribution in [3.05, 3.63) is 24.3 Å². The van der Waals surface area contributed by atoms with E-state index < -0.39 is 0 Å². The minimum absolute atomic E-state index is 0.382. The Morgan fingerprint density at radius 2 is 2.19 bits per heavy atom. The van der Waals surface area contributed by atoms with Crippen LogP contribution in [0.3, 0.4) is 0 Å². The van der Waals surface area contributed by atoms with Crippen LogP contribution in [0.1, 0.15) is 25.6 Å². The van der Waals surface area contributed by atoms with Crippen molar-refractivity contribution in [2.75, 3.05) is 5.32 Å². The lowest BCUT2D eigenvalue weighted by Gasteiger charge is -2.03. The van der Waals surface area contributed by atoms with Gasteiger partial charge in [0.25, 0.3) is 0 Å². The Balaban J connectivity index is 1.94. The lowest BCUT2D eigenvalue weighted by Crippen LogP contribution is -2.01. The minimum atomic E-state index is 0.382. The molecule has 0 aromatic carbocycles. The number of aryl methyl sites for hydroxylation is 1. The van der Waals surface area contributed by atoms with Gasteiger partial charge in [-0.2, -0.15) is 5.10 Å². The van der Waals surface area contributed by atoms with E-state index in [9.17, 15) is 0 Å². The summed E-state index contributed by atoms with van der Waals surface area (Å²) in [6.07, 6.45) is 5.69. The van der Waals surface area contributed by atoms with Gasteiger partial charge >= 0.3 is 0 Å². The molecule has 0 unspecified atom stereocenters. The highest BCUT2D eigenvalue weighted by molar-refractivity contribution is 5.38. The molecule has 2 aromatic rings. The van der Waals surface area contributed by atoms with Crippen molar-refractivity contribution < 1.29 is 0 Å². The topological polar surface area (TPSA) is 60.6 Å². The van der Waals surface area contributed by atoms with Crippen molar-refractivity contribution >= 4 is 5.69 Å². The van der Waals surface area contributed by atoms with E-state index in [4.69, 9.17) is 0 Å². The zero-order valence-electron chi connectivity index (χ0n) is 9.75. The maximum Gasteiger partial charge on any atom is 0.102 e. The molecule has 1 N–H and O–H groups in total. The van der Waals surface area contributed by atoms with Crippen LogP contribution in [0.2, 0.25) is 0 Å². The highest BCUT2D eigenvalue weighted by Crippen LogP contribution is 2.10. The maximum absolute atomic E-state index is 4.25. The first-order valence-corrected chi connectivity index (χ1v) is 5.28. The van der Waals surface area contributed by atoms with Gasteiger partial charge in [-0.15, -0.1) is 5.10 Å². The van der Waals surface area contributed by atoms with Crippen molar-refractivity contribution in [2.45, 2.75) is 26.4 Å². The lowest BCUT2D eigenvalue weighted by atomic mass is 10.4. The Kier molecular flexibility index (Phi) is 2.89. The lowest BCUT2D eigenvalue weighted by molar-refractivity contribution is 0.532. The van der Waals surface area contributed by atoms with Crippen LogP contribution >= 0.6 is 0 Å². The molecule has 0 bridgehead atoms. The quantitative estimate of drug-likeness (QED) is 0.841. The fourth-order valence-corrected chi connectivity index (χ4v) is 1.38. The zero-order valence-corrected chi connectivity index (χ0v) is 9.75. The highest BCUT2D eigenvalue weighted by atomic mass is 15.4. The Morgan fingerprint density at radius 3 is 2.75 bits per heavy atom. The summed E-state index contributed by atoms with van der Waals surface area (Å²) in [6.45, 7) is 4.86. The Bertz CT molecular complexity index is 455. The average Bonchev–Trinajstić information content (AvgIpc) is 2.83. The summed E-state index contributed by atoms with van der Waals surface area (Å²) in [7, 11) is 1.85. The molecule has 0 spiro atoms. The molecule has 2 rings (SSSR count). The van der Waals surface area contributed by atoms with E-state index in [1.807, 2.05) is 30.3 Å². The van der Waals surface area contributed by atoms with E-state index >= 15 is 0 Å². The van der Waals surface area contributed by atoms with Crippen LogP contribution in [0.25, 0.3) is 0 Å². The Labute approximate surface area is 94.3 Å².